The van der Waals surface area contributed by atoms with Gasteiger partial charge in [0.1, 0.15) is 0 Å². The standard InChI is InChI=1S/C20H22N4O/c1-3-4-7-16-9-11-17(12-10-16)23-20(25)18-14-22-24(15(18)2)19-8-5-6-13-21-19/h5-6,8-14H,3-4,7H2,1-2H3,(H,23,25). The van der Waals surface area contributed by atoms with E-state index in [1.54, 1.807) is 17.1 Å². The molecule has 1 amide bonds. The summed E-state index contributed by atoms with van der Waals surface area (Å²) >= 11 is 0. The largest absolute Gasteiger partial charge is 0.322 e. The smallest absolute Gasteiger partial charge is 0.259 e. The minimum absolute atomic E-state index is 0.166. The second kappa shape index (κ2) is 7.75. The van der Waals surface area contributed by atoms with Crippen LogP contribution in [0.1, 0.15) is 41.4 Å². The van der Waals surface area contributed by atoms with E-state index in [1.807, 2.05) is 37.3 Å². The van der Waals surface area contributed by atoms with E-state index in [0.717, 1.165) is 17.8 Å². The lowest BCUT2D eigenvalue weighted by molar-refractivity contribution is 0.102. The van der Waals surface area contributed by atoms with Crippen molar-refractivity contribution >= 4 is 11.6 Å². The van der Waals surface area contributed by atoms with Crippen LogP contribution < -0.4 is 5.32 Å². The number of nitrogens with zero attached hydrogens (tertiary/aromatic N) is 3. The zero-order chi connectivity index (χ0) is 17.6. The molecule has 2 aromatic heterocycles. The Hall–Kier alpha value is -2.95. The predicted octanol–water partition coefficient (Wildman–Crippen LogP) is 4.17. The molecular weight excluding hydrogens is 312 g/mol. The van der Waals surface area contributed by atoms with Crippen molar-refractivity contribution in [2.24, 2.45) is 0 Å². The molecule has 0 atom stereocenters. The molecule has 0 aliphatic carbocycles. The van der Waals surface area contributed by atoms with Gasteiger partial charge in [0.05, 0.1) is 17.5 Å². The van der Waals surface area contributed by atoms with Crippen LogP contribution in [0.5, 0.6) is 0 Å². The molecule has 5 heteroatoms. The molecular formula is C20H22N4O. The van der Waals surface area contributed by atoms with E-state index in [9.17, 15) is 4.79 Å². The SMILES string of the molecule is CCCCc1ccc(NC(=O)c2cnn(-c3ccccn3)c2C)cc1. The molecule has 25 heavy (non-hydrogen) atoms. The van der Waals surface area contributed by atoms with Crippen molar-refractivity contribution in [2.75, 3.05) is 5.32 Å². The third kappa shape index (κ3) is 3.94. The second-order valence-corrected chi connectivity index (χ2v) is 6.00. The average Bonchev–Trinajstić information content (AvgIpc) is 3.03. The van der Waals surface area contributed by atoms with Gasteiger partial charge >= 0.3 is 0 Å². The fraction of sp³-hybridized carbons (Fsp3) is 0.250. The van der Waals surface area contributed by atoms with Crippen LogP contribution in [-0.2, 0) is 6.42 Å². The Kier molecular flexibility index (Phi) is 5.23. The van der Waals surface area contributed by atoms with Gasteiger partial charge in [-0.25, -0.2) is 9.67 Å². The molecule has 5 nitrogen and oxygen atoms in total. The van der Waals surface area contributed by atoms with Gasteiger partial charge in [0.2, 0.25) is 0 Å². The zero-order valence-electron chi connectivity index (χ0n) is 14.6. The molecule has 0 unspecified atom stereocenters. The minimum atomic E-state index is -0.166. The molecule has 0 aliphatic heterocycles. The number of carbonyl (C=O) groups excluding carboxylic acids is 1. The number of benzene rings is 1. The van der Waals surface area contributed by atoms with Gasteiger partial charge in [0.15, 0.2) is 5.82 Å². The normalized spacial score (nSPS) is 10.6. The highest BCUT2D eigenvalue weighted by atomic mass is 16.1. The first-order valence-corrected chi connectivity index (χ1v) is 8.55. The van der Waals surface area contributed by atoms with E-state index in [4.69, 9.17) is 0 Å². The zero-order valence-corrected chi connectivity index (χ0v) is 14.6. The van der Waals surface area contributed by atoms with Gasteiger partial charge in [-0.3, -0.25) is 4.79 Å². The maximum Gasteiger partial charge on any atom is 0.259 e. The number of aryl methyl sites for hydroxylation is 1. The lowest BCUT2D eigenvalue weighted by Crippen LogP contribution is -2.13. The van der Waals surface area contributed by atoms with Crippen LogP contribution in [0.3, 0.4) is 0 Å². The maximum absolute atomic E-state index is 12.6. The number of anilines is 1. The lowest BCUT2D eigenvalue weighted by atomic mass is 10.1. The van der Waals surface area contributed by atoms with Crippen LogP contribution in [0.15, 0.2) is 54.9 Å². The van der Waals surface area contributed by atoms with Crippen molar-refractivity contribution in [1.29, 1.82) is 0 Å². The number of unbranched alkanes of at least 4 members (excludes halogenated alkanes) is 1. The number of pyridine rings is 1. The minimum Gasteiger partial charge on any atom is -0.322 e. The molecule has 0 saturated carbocycles. The second-order valence-electron chi connectivity index (χ2n) is 6.00. The van der Waals surface area contributed by atoms with Crippen molar-refractivity contribution < 1.29 is 4.79 Å². The average molecular weight is 334 g/mol. The fourth-order valence-corrected chi connectivity index (χ4v) is 2.68. The Labute approximate surface area is 147 Å². The number of amides is 1. The number of rotatable bonds is 6. The molecule has 0 spiro atoms. The first-order chi connectivity index (χ1) is 12.2. The highest BCUT2D eigenvalue weighted by molar-refractivity contribution is 6.04. The molecule has 1 aromatic carbocycles. The summed E-state index contributed by atoms with van der Waals surface area (Å²) < 4.78 is 1.67. The molecule has 3 rings (SSSR count). The molecule has 0 aliphatic rings. The number of aromatic nitrogens is 3. The van der Waals surface area contributed by atoms with Gasteiger partial charge in [-0.15, -0.1) is 0 Å². The molecule has 2 heterocycles. The van der Waals surface area contributed by atoms with E-state index in [0.29, 0.717) is 11.4 Å². The summed E-state index contributed by atoms with van der Waals surface area (Å²) in [5, 5.41) is 7.22. The van der Waals surface area contributed by atoms with Crippen LogP contribution in [0.2, 0.25) is 0 Å². The third-order valence-electron chi connectivity index (χ3n) is 4.15. The Morgan fingerprint density at radius 2 is 1.96 bits per heavy atom. The maximum atomic E-state index is 12.6. The van der Waals surface area contributed by atoms with Crippen LogP contribution in [-0.4, -0.2) is 20.7 Å². The fourth-order valence-electron chi connectivity index (χ4n) is 2.68. The first kappa shape index (κ1) is 16.9. The summed E-state index contributed by atoms with van der Waals surface area (Å²) in [6.45, 7) is 4.05. The van der Waals surface area contributed by atoms with Gasteiger partial charge in [0, 0.05) is 11.9 Å². The molecule has 0 radical (unpaired) electrons. The molecule has 0 bridgehead atoms. The molecule has 1 N–H and O–H groups in total. The summed E-state index contributed by atoms with van der Waals surface area (Å²) in [6.07, 6.45) is 6.71. The van der Waals surface area contributed by atoms with Crippen molar-refractivity contribution in [1.82, 2.24) is 14.8 Å². The predicted molar refractivity (Wildman–Crippen MR) is 99.1 cm³/mol. The Morgan fingerprint density at radius 1 is 1.16 bits per heavy atom. The molecule has 0 fully saturated rings. The van der Waals surface area contributed by atoms with Crippen LogP contribution in [0, 0.1) is 6.92 Å². The van der Waals surface area contributed by atoms with Crippen molar-refractivity contribution in [3.8, 4) is 5.82 Å². The van der Waals surface area contributed by atoms with Crippen LogP contribution in [0.4, 0.5) is 5.69 Å². The van der Waals surface area contributed by atoms with Gasteiger partial charge in [0.25, 0.3) is 5.91 Å². The number of hydrogen-bond donors (Lipinski definition) is 1. The van der Waals surface area contributed by atoms with Crippen LogP contribution >= 0.6 is 0 Å². The number of hydrogen-bond acceptors (Lipinski definition) is 3. The quantitative estimate of drug-likeness (QED) is 0.736. The monoisotopic (exact) mass is 334 g/mol. The van der Waals surface area contributed by atoms with E-state index >= 15 is 0 Å². The molecule has 128 valence electrons. The molecule has 3 aromatic rings. The van der Waals surface area contributed by atoms with E-state index in [2.05, 4.69) is 34.5 Å². The summed E-state index contributed by atoms with van der Waals surface area (Å²) in [6, 6.07) is 13.6. The summed E-state index contributed by atoms with van der Waals surface area (Å²) in [4.78, 5) is 16.8. The molecule has 0 saturated heterocycles. The summed E-state index contributed by atoms with van der Waals surface area (Å²) in [7, 11) is 0. The van der Waals surface area contributed by atoms with Gasteiger partial charge in [-0.1, -0.05) is 31.5 Å². The van der Waals surface area contributed by atoms with Gasteiger partial charge < -0.3 is 5.32 Å². The Morgan fingerprint density at radius 3 is 2.64 bits per heavy atom. The van der Waals surface area contributed by atoms with E-state index in [-0.39, 0.29) is 5.91 Å². The number of nitrogens with one attached hydrogen (secondary N) is 1. The highest BCUT2D eigenvalue weighted by Crippen LogP contribution is 2.16. The van der Waals surface area contributed by atoms with Crippen molar-refractivity contribution in [3.63, 3.8) is 0 Å². The number of carbonyl (C=O) groups is 1. The summed E-state index contributed by atoms with van der Waals surface area (Å²) in [5.74, 6) is 0.528. The highest BCUT2D eigenvalue weighted by Gasteiger charge is 2.15. The topological polar surface area (TPSA) is 59.8 Å². The first-order valence-electron chi connectivity index (χ1n) is 8.55. The Bertz CT molecular complexity index is 838. The third-order valence-corrected chi connectivity index (χ3v) is 4.15. The van der Waals surface area contributed by atoms with Crippen molar-refractivity contribution in [3.05, 3.63) is 71.7 Å². The van der Waals surface area contributed by atoms with E-state index in [1.165, 1.54) is 18.4 Å². The van der Waals surface area contributed by atoms with Gasteiger partial charge in [-0.2, -0.15) is 5.10 Å². The Balaban J connectivity index is 1.73. The lowest BCUT2D eigenvalue weighted by Gasteiger charge is -2.07. The van der Waals surface area contributed by atoms with E-state index < -0.39 is 0 Å². The van der Waals surface area contributed by atoms with Crippen molar-refractivity contribution in [2.45, 2.75) is 33.1 Å². The van der Waals surface area contributed by atoms with Gasteiger partial charge in [-0.05, 0) is 49.6 Å². The van der Waals surface area contributed by atoms with Crippen LogP contribution in [0.25, 0.3) is 5.82 Å². The summed E-state index contributed by atoms with van der Waals surface area (Å²) in [5.41, 5.74) is 3.38.